The average Bonchev–Trinajstić information content (AvgIpc) is 2.87. The quantitative estimate of drug-likeness (QED) is 0.711. The minimum atomic E-state index is 0.808. The Balaban J connectivity index is 1.74. The van der Waals surface area contributed by atoms with E-state index in [2.05, 4.69) is 17.3 Å². The third kappa shape index (κ3) is 2.96. The molecule has 0 amide bonds. The molecule has 1 N–H and O–H groups in total. The fourth-order valence-corrected chi connectivity index (χ4v) is 2.23. The number of nitrogens with one attached hydrogen (secondary N) is 1. The molecule has 2 nitrogen and oxygen atoms in total. The Hall–Kier alpha value is -0.0800. The second-order valence-corrected chi connectivity index (χ2v) is 4.74. The van der Waals surface area contributed by atoms with Crippen molar-refractivity contribution in [2.24, 2.45) is 5.92 Å². The first-order chi connectivity index (χ1) is 6.36. The molecule has 0 radical (unpaired) electrons. The second-order valence-electron chi connectivity index (χ2n) is 4.74. The summed E-state index contributed by atoms with van der Waals surface area (Å²) in [5.41, 5.74) is 0. The van der Waals surface area contributed by atoms with Crippen molar-refractivity contribution in [2.75, 3.05) is 26.7 Å². The lowest BCUT2D eigenvalue weighted by Gasteiger charge is -2.26. The normalized spacial score (nSPS) is 30.5. The molecule has 2 rings (SSSR count). The summed E-state index contributed by atoms with van der Waals surface area (Å²) in [6.07, 6.45) is 7.13. The molecule has 2 fully saturated rings. The lowest BCUT2D eigenvalue weighted by Crippen LogP contribution is -2.39. The van der Waals surface area contributed by atoms with Gasteiger partial charge in [-0.25, -0.2) is 0 Å². The van der Waals surface area contributed by atoms with Gasteiger partial charge in [-0.15, -0.1) is 0 Å². The van der Waals surface area contributed by atoms with Crippen LogP contribution < -0.4 is 5.32 Å². The summed E-state index contributed by atoms with van der Waals surface area (Å²) in [4.78, 5) is 2.58. The van der Waals surface area contributed by atoms with Crippen LogP contribution in [0, 0.1) is 5.92 Å². The molecular formula is C11H22N2. The van der Waals surface area contributed by atoms with Crippen LogP contribution in [0.3, 0.4) is 0 Å². The van der Waals surface area contributed by atoms with Gasteiger partial charge >= 0.3 is 0 Å². The highest BCUT2D eigenvalue weighted by atomic mass is 15.2. The first-order valence-electron chi connectivity index (χ1n) is 5.77. The molecular weight excluding hydrogens is 160 g/mol. The van der Waals surface area contributed by atoms with Gasteiger partial charge in [-0.3, -0.25) is 0 Å². The largest absolute Gasteiger partial charge is 0.315 e. The molecule has 1 heterocycles. The lowest BCUT2D eigenvalue weighted by molar-refractivity contribution is 0.222. The van der Waals surface area contributed by atoms with Crippen molar-refractivity contribution in [2.45, 2.75) is 38.1 Å². The lowest BCUT2D eigenvalue weighted by atomic mass is 10.1. The highest BCUT2D eigenvalue weighted by molar-refractivity contribution is 4.81. The standard InChI is InChI=1S/C11H22N2/c1-13(9-10-5-6-10)11-4-2-3-7-12-8-11/h10-12H,2-9H2,1H3. The summed E-state index contributed by atoms with van der Waals surface area (Å²) in [6, 6.07) is 0.808. The molecule has 0 aromatic rings. The van der Waals surface area contributed by atoms with E-state index in [0.717, 1.165) is 12.0 Å². The van der Waals surface area contributed by atoms with Crippen molar-refractivity contribution in [1.82, 2.24) is 10.2 Å². The predicted octanol–water partition coefficient (Wildman–Crippen LogP) is 1.47. The van der Waals surface area contributed by atoms with E-state index < -0.39 is 0 Å². The molecule has 2 heteroatoms. The molecule has 1 atom stereocenters. The van der Waals surface area contributed by atoms with Crippen LogP contribution in [0.1, 0.15) is 32.1 Å². The molecule has 0 bridgehead atoms. The predicted molar refractivity (Wildman–Crippen MR) is 55.9 cm³/mol. The van der Waals surface area contributed by atoms with Crippen molar-refractivity contribution in [3.8, 4) is 0 Å². The molecule has 1 unspecified atom stereocenters. The van der Waals surface area contributed by atoms with Gasteiger partial charge in [0.05, 0.1) is 0 Å². The van der Waals surface area contributed by atoms with Gasteiger partial charge in [0, 0.05) is 19.1 Å². The van der Waals surface area contributed by atoms with Crippen molar-refractivity contribution < 1.29 is 0 Å². The Morgan fingerprint density at radius 2 is 2.08 bits per heavy atom. The Labute approximate surface area is 81.7 Å². The van der Waals surface area contributed by atoms with E-state index >= 15 is 0 Å². The molecule has 2 aliphatic rings. The third-order valence-corrected chi connectivity index (χ3v) is 3.39. The molecule has 13 heavy (non-hydrogen) atoms. The fraction of sp³-hybridized carbons (Fsp3) is 1.00. The average molecular weight is 182 g/mol. The summed E-state index contributed by atoms with van der Waals surface area (Å²) in [5, 5.41) is 3.53. The van der Waals surface area contributed by atoms with E-state index in [1.54, 1.807) is 0 Å². The Morgan fingerprint density at radius 1 is 1.23 bits per heavy atom. The Bertz CT molecular complexity index is 146. The summed E-state index contributed by atoms with van der Waals surface area (Å²) >= 11 is 0. The maximum atomic E-state index is 3.53. The molecule has 0 spiro atoms. The van der Waals surface area contributed by atoms with Gasteiger partial charge < -0.3 is 10.2 Å². The monoisotopic (exact) mass is 182 g/mol. The topological polar surface area (TPSA) is 15.3 Å². The minimum Gasteiger partial charge on any atom is -0.315 e. The van der Waals surface area contributed by atoms with E-state index in [0.29, 0.717) is 0 Å². The highest BCUT2D eigenvalue weighted by Gasteiger charge is 2.26. The van der Waals surface area contributed by atoms with Crippen LogP contribution in [0.5, 0.6) is 0 Å². The first-order valence-corrected chi connectivity index (χ1v) is 5.77. The minimum absolute atomic E-state index is 0.808. The molecule has 76 valence electrons. The molecule has 0 aromatic heterocycles. The van der Waals surface area contributed by atoms with Crippen molar-refractivity contribution in [1.29, 1.82) is 0 Å². The van der Waals surface area contributed by atoms with Gasteiger partial charge in [-0.1, -0.05) is 6.42 Å². The van der Waals surface area contributed by atoms with Crippen LogP contribution in [-0.2, 0) is 0 Å². The first kappa shape index (κ1) is 9.47. The van der Waals surface area contributed by atoms with E-state index in [9.17, 15) is 0 Å². The zero-order valence-electron chi connectivity index (χ0n) is 8.76. The second kappa shape index (κ2) is 4.43. The number of likely N-dealkylation sites (N-methyl/N-ethyl adjacent to an activating group) is 1. The number of rotatable bonds is 3. The van der Waals surface area contributed by atoms with Crippen molar-refractivity contribution in [3.05, 3.63) is 0 Å². The van der Waals surface area contributed by atoms with Crippen LogP contribution in [0.25, 0.3) is 0 Å². The number of nitrogens with zero attached hydrogens (tertiary/aromatic N) is 1. The molecule has 1 aliphatic carbocycles. The Kier molecular flexibility index (Phi) is 3.23. The zero-order chi connectivity index (χ0) is 9.10. The third-order valence-electron chi connectivity index (χ3n) is 3.39. The van der Waals surface area contributed by atoms with Crippen LogP contribution in [0.4, 0.5) is 0 Å². The van der Waals surface area contributed by atoms with Crippen LogP contribution in [-0.4, -0.2) is 37.6 Å². The van der Waals surface area contributed by atoms with E-state index in [1.165, 1.54) is 51.7 Å². The zero-order valence-corrected chi connectivity index (χ0v) is 8.76. The van der Waals surface area contributed by atoms with Gasteiger partial charge in [0.25, 0.3) is 0 Å². The van der Waals surface area contributed by atoms with Crippen molar-refractivity contribution >= 4 is 0 Å². The van der Waals surface area contributed by atoms with E-state index in [4.69, 9.17) is 0 Å². The fourth-order valence-electron chi connectivity index (χ4n) is 2.23. The van der Waals surface area contributed by atoms with Gasteiger partial charge in [-0.2, -0.15) is 0 Å². The molecule has 1 saturated heterocycles. The molecule has 0 aromatic carbocycles. The summed E-state index contributed by atoms with van der Waals surface area (Å²) in [6.45, 7) is 3.78. The number of hydrogen-bond donors (Lipinski definition) is 1. The SMILES string of the molecule is CN(CC1CC1)C1CCCCNC1. The highest BCUT2D eigenvalue weighted by Crippen LogP contribution is 2.30. The van der Waals surface area contributed by atoms with E-state index in [-0.39, 0.29) is 0 Å². The van der Waals surface area contributed by atoms with Gasteiger partial charge in [-0.05, 0) is 45.2 Å². The maximum Gasteiger partial charge on any atom is 0.0217 e. The molecule has 1 aliphatic heterocycles. The van der Waals surface area contributed by atoms with Crippen LogP contribution in [0.15, 0.2) is 0 Å². The summed E-state index contributed by atoms with van der Waals surface area (Å²) in [5.74, 6) is 1.04. The van der Waals surface area contributed by atoms with Crippen molar-refractivity contribution in [3.63, 3.8) is 0 Å². The van der Waals surface area contributed by atoms with E-state index in [1.807, 2.05) is 0 Å². The smallest absolute Gasteiger partial charge is 0.0217 e. The summed E-state index contributed by atoms with van der Waals surface area (Å²) < 4.78 is 0. The Morgan fingerprint density at radius 3 is 2.85 bits per heavy atom. The van der Waals surface area contributed by atoms with Crippen LogP contribution >= 0.6 is 0 Å². The van der Waals surface area contributed by atoms with Gasteiger partial charge in [0.1, 0.15) is 0 Å². The molecule has 1 saturated carbocycles. The van der Waals surface area contributed by atoms with Gasteiger partial charge in [0.2, 0.25) is 0 Å². The van der Waals surface area contributed by atoms with Gasteiger partial charge in [0.15, 0.2) is 0 Å². The maximum absolute atomic E-state index is 3.53. The summed E-state index contributed by atoms with van der Waals surface area (Å²) in [7, 11) is 2.30. The van der Waals surface area contributed by atoms with Crippen LogP contribution in [0.2, 0.25) is 0 Å². The number of hydrogen-bond acceptors (Lipinski definition) is 2.